The van der Waals surface area contributed by atoms with Crippen LogP contribution in [0.3, 0.4) is 0 Å². The Morgan fingerprint density at radius 3 is 2.29 bits per heavy atom. The van der Waals surface area contributed by atoms with E-state index in [4.69, 9.17) is 0 Å². The summed E-state index contributed by atoms with van der Waals surface area (Å²) >= 11 is 0. The molecule has 5 rings (SSSR count). The Bertz CT molecular complexity index is 1420. The zero-order chi connectivity index (χ0) is 29.1. The third-order valence-corrected chi connectivity index (χ3v) is 9.10. The van der Waals surface area contributed by atoms with Gasteiger partial charge in [-0.1, -0.05) is 60.7 Å². The molecule has 0 spiro atoms. The number of hydrogen-bond donors (Lipinski definition) is 4. The second-order valence-electron chi connectivity index (χ2n) is 11.6. The number of fused-ring (bicyclic) bond motifs is 2. The number of hydrogen-bond acceptors (Lipinski definition) is 5. The van der Waals surface area contributed by atoms with E-state index in [0.717, 1.165) is 36.0 Å². The van der Waals surface area contributed by atoms with Crippen molar-refractivity contribution in [2.45, 2.75) is 58.2 Å². The molecule has 2 aliphatic carbocycles. The number of amides is 2. The molecule has 2 aliphatic rings. The van der Waals surface area contributed by atoms with E-state index in [1.807, 2.05) is 61.5 Å². The standard InChI is InChI=1S/C34H38N2O5/c1-20-9-6-7-12-25(20)19-35-34(41)30-24-16-15-23(18-24)29(30)32(39)31(38)27(17-22-10-4-3-5-11-22)36-33(40)26-13-8-14-28(37)21(26)2/h3-14,23-24,27,29-31,37-38H,15-19H2,1-2H3,(H,35,41)(H,36,40)/t23-,24-,27+,29?,30+,31+/m1/s1. The molecule has 3 aromatic rings. The normalized spacial score (nSPS) is 22.6. The fourth-order valence-corrected chi connectivity index (χ4v) is 6.81. The molecule has 2 fully saturated rings. The molecular formula is C34H38N2O5. The van der Waals surface area contributed by atoms with Crippen molar-refractivity contribution >= 4 is 17.6 Å². The molecule has 214 valence electrons. The van der Waals surface area contributed by atoms with E-state index in [0.29, 0.717) is 12.1 Å². The summed E-state index contributed by atoms with van der Waals surface area (Å²) in [5.41, 5.74) is 3.67. The number of phenolic OH excluding ortho intramolecular Hbond substituents is 1. The minimum Gasteiger partial charge on any atom is -0.508 e. The number of nitrogens with one attached hydrogen (secondary N) is 2. The number of aromatic hydroxyl groups is 1. The van der Waals surface area contributed by atoms with E-state index in [2.05, 4.69) is 10.6 Å². The minimum atomic E-state index is -1.49. The monoisotopic (exact) mass is 554 g/mol. The van der Waals surface area contributed by atoms with Crippen molar-refractivity contribution in [2.24, 2.45) is 23.7 Å². The fourth-order valence-electron chi connectivity index (χ4n) is 6.81. The van der Waals surface area contributed by atoms with Crippen molar-refractivity contribution in [3.63, 3.8) is 0 Å². The van der Waals surface area contributed by atoms with Gasteiger partial charge in [-0.25, -0.2) is 0 Å². The number of rotatable bonds is 10. The molecule has 41 heavy (non-hydrogen) atoms. The van der Waals surface area contributed by atoms with Crippen molar-refractivity contribution < 1.29 is 24.6 Å². The van der Waals surface area contributed by atoms with Gasteiger partial charge >= 0.3 is 0 Å². The molecule has 0 radical (unpaired) electrons. The van der Waals surface area contributed by atoms with Crippen LogP contribution in [-0.4, -0.2) is 40.0 Å². The molecule has 7 nitrogen and oxygen atoms in total. The summed E-state index contributed by atoms with van der Waals surface area (Å²) in [6.07, 6.45) is 1.29. The maximum Gasteiger partial charge on any atom is 0.252 e. The van der Waals surface area contributed by atoms with E-state index in [-0.39, 0.29) is 41.3 Å². The highest BCUT2D eigenvalue weighted by molar-refractivity contribution is 5.98. The predicted molar refractivity (Wildman–Crippen MR) is 156 cm³/mol. The number of ketones is 1. The van der Waals surface area contributed by atoms with E-state index < -0.39 is 29.9 Å². The number of phenols is 1. The Hall–Kier alpha value is -3.97. The lowest BCUT2D eigenvalue weighted by molar-refractivity contribution is -0.141. The van der Waals surface area contributed by atoms with Gasteiger partial charge in [-0.05, 0) is 80.2 Å². The molecule has 3 aromatic carbocycles. The first-order chi connectivity index (χ1) is 19.7. The van der Waals surface area contributed by atoms with Crippen LogP contribution in [0, 0.1) is 37.5 Å². The van der Waals surface area contributed by atoms with Gasteiger partial charge in [0.05, 0.1) is 12.0 Å². The lowest BCUT2D eigenvalue weighted by Gasteiger charge is -2.33. The molecule has 4 N–H and O–H groups in total. The van der Waals surface area contributed by atoms with E-state index in [1.165, 1.54) is 6.07 Å². The number of aliphatic hydroxyl groups is 1. The SMILES string of the molecule is Cc1ccccc1CNC(=O)[C@@H]1C(C(=O)[C@@H](O)[C@H](Cc2ccccc2)NC(=O)c2cccc(O)c2C)[C@@H]2CC[C@@H]1C2. The van der Waals surface area contributed by atoms with E-state index in [9.17, 15) is 24.6 Å². The van der Waals surface area contributed by atoms with Crippen LogP contribution in [-0.2, 0) is 22.6 Å². The van der Waals surface area contributed by atoms with Gasteiger partial charge in [0, 0.05) is 23.6 Å². The largest absolute Gasteiger partial charge is 0.508 e. The molecule has 2 amide bonds. The van der Waals surface area contributed by atoms with Crippen LogP contribution in [0.4, 0.5) is 0 Å². The molecule has 1 unspecified atom stereocenters. The zero-order valence-electron chi connectivity index (χ0n) is 23.5. The van der Waals surface area contributed by atoms with Gasteiger partial charge in [0.1, 0.15) is 11.9 Å². The van der Waals surface area contributed by atoms with Crippen LogP contribution < -0.4 is 10.6 Å². The van der Waals surface area contributed by atoms with E-state index >= 15 is 0 Å². The molecule has 0 saturated heterocycles. The maximum absolute atomic E-state index is 14.0. The van der Waals surface area contributed by atoms with Gasteiger partial charge in [0.2, 0.25) is 5.91 Å². The Labute approximate surface area is 241 Å². The highest BCUT2D eigenvalue weighted by atomic mass is 16.3. The van der Waals surface area contributed by atoms with Gasteiger partial charge in [0.15, 0.2) is 5.78 Å². The van der Waals surface area contributed by atoms with Crippen LogP contribution in [0.25, 0.3) is 0 Å². The predicted octanol–water partition coefficient (Wildman–Crippen LogP) is 4.26. The van der Waals surface area contributed by atoms with Crippen molar-refractivity contribution in [3.05, 3.63) is 101 Å². The molecule has 7 heteroatoms. The average Bonchev–Trinajstić information content (AvgIpc) is 3.60. The van der Waals surface area contributed by atoms with Gasteiger partial charge in [0.25, 0.3) is 5.91 Å². The van der Waals surface area contributed by atoms with E-state index in [1.54, 1.807) is 19.1 Å². The first-order valence-electron chi connectivity index (χ1n) is 14.4. The van der Waals surface area contributed by atoms with Crippen LogP contribution in [0.15, 0.2) is 72.8 Å². The highest BCUT2D eigenvalue weighted by Crippen LogP contribution is 2.53. The molecule has 0 aromatic heterocycles. The quantitative estimate of drug-likeness (QED) is 0.299. The van der Waals surface area contributed by atoms with Crippen LogP contribution in [0.2, 0.25) is 0 Å². The third-order valence-electron chi connectivity index (χ3n) is 9.10. The number of carbonyl (C=O) groups is 3. The number of benzene rings is 3. The molecule has 2 bridgehead atoms. The van der Waals surface area contributed by atoms with Crippen LogP contribution >= 0.6 is 0 Å². The van der Waals surface area contributed by atoms with Crippen molar-refractivity contribution in [3.8, 4) is 5.75 Å². The number of aliphatic hydroxyl groups excluding tert-OH is 1. The average molecular weight is 555 g/mol. The van der Waals surface area contributed by atoms with Crippen molar-refractivity contribution in [1.82, 2.24) is 10.6 Å². The third kappa shape index (κ3) is 6.05. The second kappa shape index (κ2) is 12.3. The lowest BCUT2D eigenvalue weighted by Crippen LogP contribution is -2.52. The van der Waals surface area contributed by atoms with Gasteiger partial charge < -0.3 is 20.8 Å². The smallest absolute Gasteiger partial charge is 0.252 e. The van der Waals surface area contributed by atoms with Crippen molar-refractivity contribution in [1.29, 1.82) is 0 Å². The summed E-state index contributed by atoms with van der Waals surface area (Å²) in [4.78, 5) is 40.8. The number of aryl methyl sites for hydroxylation is 1. The zero-order valence-corrected chi connectivity index (χ0v) is 23.5. The summed E-state index contributed by atoms with van der Waals surface area (Å²) < 4.78 is 0. The minimum absolute atomic E-state index is 0.00424. The first-order valence-corrected chi connectivity index (χ1v) is 14.4. The molecule has 6 atom stereocenters. The Morgan fingerprint density at radius 2 is 1.56 bits per heavy atom. The summed E-state index contributed by atoms with van der Waals surface area (Å²) in [7, 11) is 0. The topological polar surface area (TPSA) is 116 Å². The molecular weight excluding hydrogens is 516 g/mol. The fraction of sp³-hybridized carbons (Fsp3) is 0.382. The Kier molecular flexibility index (Phi) is 8.54. The van der Waals surface area contributed by atoms with Gasteiger partial charge in [-0.15, -0.1) is 0 Å². The second-order valence-corrected chi connectivity index (χ2v) is 11.6. The molecule has 0 heterocycles. The van der Waals surface area contributed by atoms with Crippen LogP contribution in [0.5, 0.6) is 5.75 Å². The van der Waals surface area contributed by atoms with Gasteiger partial charge in [-0.3, -0.25) is 14.4 Å². The maximum atomic E-state index is 14.0. The lowest BCUT2D eigenvalue weighted by atomic mass is 9.74. The highest BCUT2D eigenvalue weighted by Gasteiger charge is 2.55. The summed E-state index contributed by atoms with van der Waals surface area (Å²) in [6, 6.07) is 21.0. The summed E-state index contributed by atoms with van der Waals surface area (Å²) in [6.45, 7) is 4.04. The number of Topliss-reactive ketones (excluding diaryl/α,β-unsaturated/α-hetero) is 1. The van der Waals surface area contributed by atoms with Gasteiger partial charge in [-0.2, -0.15) is 0 Å². The van der Waals surface area contributed by atoms with Crippen molar-refractivity contribution in [2.75, 3.05) is 0 Å². The summed E-state index contributed by atoms with van der Waals surface area (Å²) in [5, 5.41) is 27.6. The Balaban J connectivity index is 1.36. The Morgan fingerprint density at radius 1 is 0.878 bits per heavy atom. The number of carbonyl (C=O) groups excluding carboxylic acids is 3. The molecule has 2 saturated carbocycles. The summed E-state index contributed by atoms with van der Waals surface area (Å²) in [5.74, 6) is -1.97. The van der Waals surface area contributed by atoms with Crippen LogP contribution in [0.1, 0.15) is 51.9 Å². The molecule has 0 aliphatic heterocycles. The first kappa shape index (κ1) is 28.6.